The minimum Gasteiger partial charge on any atom is -0.455 e. The highest BCUT2D eigenvalue weighted by atomic mass is 16.5. The monoisotopic (exact) mass is 410 g/mol. The van der Waals surface area contributed by atoms with Crippen molar-refractivity contribution in [2.75, 3.05) is 0 Å². The molecule has 0 fully saturated rings. The third-order valence-electron chi connectivity index (χ3n) is 4.24. The van der Waals surface area contributed by atoms with Crippen LogP contribution in [-0.4, -0.2) is 6.03 Å². The number of nitrogens with one attached hydrogen (secondary N) is 2. The largest absolute Gasteiger partial charge is 0.455 e. The van der Waals surface area contributed by atoms with Crippen molar-refractivity contribution in [3.8, 4) is 5.75 Å². The van der Waals surface area contributed by atoms with E-state index in [0.717, 1.165) is 17.6 Å². The molecule has 0 unspecified atom stereocenters. The summed E-state index contributed by atoms with van der Waals surface area (Å²) in [5.41, 5.74) is 3.43. The summed E-state index contributed by atoms with van der Waals surface area (Å²) in [7, 11) is 0. The highest BCUT2D eigenvalue weighted by Crippen LogP contribution is 2.21. The molecule has 0 aliphatic heterocycles. The van der Waals surface area contributed by atoms with Crippen LogP contribution in [0.2, 0.25) is 0 Å². The Balaban J connectivity index is 1.74. The Labute approximate surface area is 183 Å². The molecule has 1 aromatic rings. The molecular weight excluding hydrogens is 384 g/mol. The second-order valence-corrected chi connectivity index (χ2v) is 7.09. The SMILES string of the molecule is C=C(C)Cc1cccc(OC2=C/C=C\C=C/C=C\2NC(=O)NC2=C/C=C\C=C/C=C\2)c1. The van der Waals surface area contributed by atoms with E-state index in [1.54, 1.807) is 6.08 Å². The number of rotatable bonds is 6. The number of ether oxygens (including phenoxy) is 1. The van der Waals surface area contributed by atoms with E-state index in [1.807, 2.05) is 104 Å². The van der Waals surface area contributed by atoms with Gasteiger partial charge in [-0.3, -0.25) is 0 Å². The summed E-state index contributed by atoms with van der Waals surface area (Å²) in [6, 6.07) is 7.51. The molecule has 2 aliphatic carbocycles. The first kappa shape index (κ1) is 21.7. The van der Waals surface area contributed by atoms with Crippen LogP contribution < -0.4 is 15.4 Å². The topological polar surface area (TPSA) is 50.4 Å². The maximum atomic E-state index is 12.6. The van der Waals surface area contributed by atoms with Crippen LogP contribution >= 0.6 is 0 Å². The maximum Gasteiger partial charge on any atom is 0.323 e. The van der Waals surface area contributed by atoms with Crippen molar-refractivity contribution in [1.82, 2.24) is 10.6 Å². The zero-order chi connectivity index (χ0) is 21.9. The summed E-state index contributed by atoms with van der Waals surface area (Å²) in [5, 5.41) is 5.74. The molecule has 31 heavy (non-hydrogen) atoms. The molecular formula is C27H26N2O2. The van der Waals surface area contributed by atoms with Gasteiger partial charge in [0.05, 0.1) is 5.70 Å². The van der Waals surface area contributed by atoms with Gasteiger partial charge in [-0.1, -0.05) is 79.0 Å². The lowest BCUT2D eigenvalue weighted by atomic mass is 10.1. The summed E-state index contributed by atoms with van der Waals surface area (Å²) in [4.78, 5) is 12.6. The smallest absolute Gasteiger partial charge is 0.323 e. The number of hydrogen-bond acceptors (Lipinski definition) is 2. The molecule has 3 rings (SSSR count). The molecule has 2 aliphatic rings. The minimum atomic E-state index is -0.358. The van der Waals surface area contributed by atoms with Crippen LogP contribution in [0.1, 0.15) is 12.5 Å². The lowest BCUT2D eigenvalue weighted by Gasteiger charge is -2.16. The number of amides is 2. The number of benzene rings is 1. The van der Waals surface area contributed by atoms with E-state index < -0.39 is 0 Å². The Morgan fingerprint density at radius 2 is 1.61 bits per heavy atom. The van der Waals surface area contributed by atoms with E-state index in [9.17, 15) is 4.79 Å². The number of carbonyl (C=O) groups excluding carboxylic acids is 1. The van der Waals surface area contributed by atoms with E-state index in [0.29, 0.717) is 22.9 Å². The van der Waals surface area contributed by atoms with E-state index >= 15 is 0 Å². The van der Waals surface area contributed by atoms with E-state index in [2.05, 4.69) is 17.2 Å². The first-order valence-electron chi connectivity index (χ1n) is 10.1. The van der Waals surface area contributed by atoms with Gasteiger partial charge >= 0.3 is 6.03 Å². The van der Waals surface area contributed by atoms with Crippen molar-refractivity contribution >= 4 is 6.03 Å². The zero-order valence-corrected chi connectivity index (χ0v) is 17.5. The van der Waals surface area contributed by atoms with Gasteiger partial charge < -0.3 is 15.4 Å². The number of allylic oxidation sites excluding steroid dienone is 14. The van der Waals surface area contributed by atoms with Gasteiger partial charge in [-0.2, -0.15) is 0 Å². The molecule has 156 valence electrons. The summed E-state index contributed by atoms with van der Waals surface area (Å²) < 4.78 is 6.14. The summed E-state index contributed by atoms with van der Waals surface area (Å²) in [6.07, 6.45) is 25.0. The molecule has 2 N–H and O–H groups in total. The van der Waals surface area contributed by atoms with Crippen molar-refractivity contribution in [1.29, 1.82) is 0 Å². The number of carbonyl (C=O) groups is 1. The van der Waals surface area contributed by atoms with Crippen LogP contribution in [0.15, 0.2) is 133 Å². The van der Waals surface area contributed by atoms with Crippen molar-refractivity contribution in [2.45, 2.75) is 13.3 Å². The normalized spacial score (nSPS) is 25.1. The summed E-state index contributed by atoms with van der Waals surface area (Å²) in [5.74, 6) is 1.23. The fourth-order valence-corrected chi connectivity index (χ4v) is 2.92. The van der Waals surface area contributed by atoms with Crippen LogP contribution in [0.4, 0.5) is 4.79 Å². The fraction of sp³-hybridized carbons (Fsp3) is 0.0741. The van der Waals surface area contributed by atoms with E-state index in [1.165, 1.54) is 0 Å². The lowest BCUT2D eigenvalue weighted by molar-refractivity contribution is 0.245. The molecule has 2 amide bonds. The molecule has 0 radical (unpaired) electrons. The highest BCUT2D eigenvalue weighted by molar-refractivity contribution is 5.79. The van der Waals surface area contributed by atoms with Gasteiger partial charge in [0, 0.05) is 5.70 Å². The zero-order valence-electron chi connectivity index (χ0n) is 17.5. The Kier molecular flexibility index (Phi) is 7.83. The van der Waals surface area contributed by atoms with Gasteiger partial charge in [0.2, 0.25) is 0 Å². The first-order valence-corrected chi connectivity index (χ1v) is 10.1. The van der Waals surface area contributed by atoms with Crippen molar-refractivity contribution in [3.63, 3.8) is 0 Å². The standard InChI is InChI=1S/C27H26N2O2/c1-21(2)19-22-13-12-16-24(20-22)31-26-18-11-7-6-10-17-25(26)29-27(30)28-23-14-8-4-3-5-9-15-23/h3-18,20H,1,19H2,2H3,(H2,28,29,30)/b4-3-,5-3?,7-6?,8-4?,9-5-,10-6-,11-7-,14-8-,15-9?,17-10?,18-11?,23-14?,23-15+,25-17+,26-18+,26-25?. The molecule has 4 nitrogen and oxygen atoms in total. The quantitative estimate of drug-likeness (QED) is 0.570. The predicted molar refractivity (Wildman–Crippen MR) is 127 cm³/mol. The van der Waals surface area contributed by atoms with Gasteiger partial charge in [0.1, 0.15) is 5.75 Å². The first-order chi connectivity index (χ1) is 15.1. The van der Waals surface area contributed by atoms with Gasteiger partial charge in [-0.25, -0.2) is 4.79 Å². The molecule has 1 aromatic carbocycles. The summed E-state index contributed by atoms with van der Waals surface area (Å²) >= 11 is 0. The Hall–Kier alpha value is -4.05. The molecule has 0 heterocycles. The van der Waals surface area contributed by atoms with Crippen LogP contribution in [-0.2, 0) is 6.42 Å². The number of hydrogen-bond donors (Lipinski definition) is 2. The predicted octanol–water partition coefficient (Wildman–Crippen LogP) is 5.94. The second-order valence-electron chi connectivity index (χ2n) is 7.09. The van der Waals surface area contributed by atoms with Crippen molar-refractivity contribution < 1.29 is 9.53 Å². The Morgan fingerprint density at radius 3 is 2.42 bits per heavy atom. The molecule has 0 saturated heterocycles. The lowest BCUT2D eigenvalue weighted by Crippen LogP contribution is -2.35. The van der Waals surface area contributed by atoms with Gasteiger partial charge in [0.15, 0.2) is 5.76 Å². The number of urea groups is 1. The molecule has 4 heteroatoms. The molecule has 0 spiro atoms. The van der Waals surface area contributed by atoms with Crippen LogP contribution in [0.5, 0.6) is 5.75 Å². The highest BCUT2D eigenvalue weighted by Gasteiger charge is 2.12. The third kappa shape index (κ3) is 7.37. The average molecular weight is 411 g/mol. The second kappa shape index (κ2) is 11.2. The van der Waals surface area contributed by atoms with Crippen molar-refractivity contribution in [2.24, 2.45) is 0 Å². The van der Waals surface area contributed by atoms with Crippen LogP contribution in [0.3, 0.4) is 0 Å². The van der Waals surface area contributed by atoms with E-state index in [-0.39, 0.29) is 6.03 Å². The fourth-order valence-electron chi connectivity index (χ4n) is 2.92. The Morgan fingerprint density at radius 1 is 0.903 bits per heavy atom. The summed E-state index contributed by atoms with van der Waals surface area (Å²) in [6.45, 7) is 5.97. The molecule has 0 saturated carbocycles. The van der Waals surface area contributed by atoms with E-state index in [4.69, 9.17) is 4.74 Å². The maximum absolute atomic E-state index is 12.6. The third-order valence-corrected chi connectivity index (χ3v) is 4.24. The van der Waals surface area contributed by atoms with Crippen molar-refractivity contribution in [3.05, 3.63) is 138 Å². The molecule has 0 bridgehead atoms. The van der Waals surface area contributed by atoms with Gasteiger partial charge in [-0.05, 0) is 55.3 Å². The van der Waals surface area contributed by atoms with Gasteiger partial charge in [-0.15, -0.1) is 0 Å². The van der Waals surface area contributed by atoms with Gasteiger partial charge in [0.25, 0.3) is 0 Å². The molecule has 0 atom stereocenters. The minimum absolute atomic E-state index is 0.358. The molecule has 0 aromatic heterocycles. The average Bonchev–Trinajstić information content (AvgIpc) is 2.68. The van der Waals surface area contributed by atoms with Crippen LogP contribution in [0.25, 0.3) is 0 Å². The Bertz CT molecular complexity index is 1080. The van der Waals surface area contributed by atoms with Crippen LogP contribution in [0, 0.1) is 0 Å².